The van der Waals surface area contributed by atoms with Crippen LogP contribution in [0, 0.1) is 11.8 Å². The van der Waals surface area contributed by atoms with E-state index in [9.17, 15) is 29.4 Å². The van der Waals surface area contributed by atoms with Crippen LogP contribution >= 0.6 is 0 Å². The lowest BCUT2D eigenvalue weighted by atomic mass is 9.99. The van der Waals surface area contributed by atoms with E-state index < -0.39 is 53.8 Å². The predicted octanol–water partition coefficient (Wildman–Crippen LogP) is 2.23. The highest BCUT2D eigenvalue weighted by Crippen LogP contribution is 2.20. The van der Waals surface area contributed by atoms with Crippen LogP contribution in [0.5, 0.6) is 5.75 Å². The largest absolute Gasteiger partial charge is 0.508 e. The van der Waals surface area contributed by atoms with Gasteiger partial charge in [0.1, 0.15) is 23.9 Å². The van der Waals surface area contributed by atoms with E-state index in [-0.39, 0.29) is 24.5 Å². The summed E-state index contributed by atoms with van der Waals surface area (Å²) in [5.41, 5.74) is 8.34. The minimum Gasteiger partial charge on any atom is -0.508 e. The van der Waals surface area contributed by atoms with Gasteiger partial charge in [-0.3, -0.25) is 14.4 Å². The van der Waals surface area contributed by atoms with Crippen molar-refractivity contribution in [3.8, 4) is 5.75 Å². The third-order valence-corrected chi connectivity index (χ3v) is 7.03. The Labute approximate surface area is 245 Å². The van der Waals surface area contributed by atoms with Gasteiger partial charge >= 0.3 is 5.97 Å². The van der Waals surface area contributed by atoms with Gasteiger partial charge in [0.15, 0.2) is 0 Å². The number of benzene rings is 2. The number of carbonyl (C=O) groups excluding carboxylic acids is 3. The van der Waals surface area contributed by atoms with Gasteiger partial charge in [-0.25, -0.2) is 4.79 Å². The monoisotopic (exact) mass is 579 g/mol. The topological polar surface area (TPSA) is 187 Å². The molecule has 3 aromatic rings. The Bertz CT molecular complexity index is 1380. The van der Waals surface area contributed by atoms with Crippen molar-refractivity contribution in [1.29, 1.82) is 0 Å². The molecule has 0 aliphatic heterocycles. The number of carboxylic acid groups (broad SMARTS) is 1. The molecule has 4 atom stereocenters. The molecule has 226 valence electrons. The maximum atomic E-state index is 13.7. The van der Waals surface area contributed by atoms with Gasteiger partial charge < -0.3 is 36.9 Å². The van der Waals surface area contributed by atoms with E-state index in [0.29, 0.717) is 12.0 Å². The van der Waals surface area contributed by atoms with Crippen molar-refractivity contribution in [2.45, 2.75) is 71.1 Å². The fourth-order valence-corrected chi connectivity index (χ4v) is 4.74. The number of aromatic nitrogens is 1. The molecule has 3 rings (SSSR count). The summed E-state index contributed by atoms with van der Waals surface area (Å²) < 4.78 is 0. The number of aromatic hydroxyl groups is 1. The fraction of sp³-hybridized carbons (Fsp3) is 0.419. The number of H-pyrrole nitrogens is 1. The average Bonchev–Trinajstić information content (AvgIpc) is 3.33. The van der Waals surface area contributed by atoms with Crippen LogP contribution in [0.4, 0.5) is 0 Å². The molecule has 0 saturated carbocycles. The molecule has 1 aromatic heterocycles. The highest BCUT2D eigenvalue weighted by Gasteiger charge is 2.32. The molecule has 0 aliphatic rings. The van der Waals surface area contributed by atoms with Crippen LogP contribution in [0.15, 0.2) is 54.7 Å². The Morgan fingerprint density at radius 2 is 1.43 bits per heavy atom. The van der Waals surface area contributed by atoms with Crippen LogP contribution in [0.3, 0.4) is 0 Å². The number of fused-ring (bicyclic) bond motifs is 1. The highest BCUT2D eigenvalue weighted by molar-refractivity contribution is 5.95. The molecule has 0 radical (unpaired) electrons. The first-order valence-corrected chi connectivity index (χ1v) is 14.1. The number of para-hydroxylation sites is 1. The van der Waals surface area contributed by atoms with E-state index >= 15 is 0 Å². The minimum absolute atomic E-state index is 0.0522. The summed E-state index contributed by atoms with van der Waals surface area (Å²) in [4.78, 5) is 55.2. The Kier molecular flexibility index (Phi) is 11.1. The molecule has 11 nitrogen and oxygen atoms in total. The van der Waals surface area contributed by atoms with Crippen LogP contribution in [-0.4, -0.2) is 63.1 Å². The molecule has 3 amide bonds. The lowest BCUT2D eigenvalue weighted by Gasteiger charge is -2.26. The van der Waals surface area contributed by atoms with Gasteiger partial charge in [0, 0.05) is 29.9 Å². The molecule has 11 heteroatoms. The molecule has 4 unspecified atom stereocenters. The third-order valence-electron chi connectivity index (χ3n) is 7.03. The number of hydrogen-bond donors (Lipinski definition) is 7. The van der Waals surface area contributed by atoms with Crippen molar-refractivity contribution in [1.82, 2.24) is 20.9 Å². The lowest BCUT2D eigenvalue weighted by molar-refractivity contribution is -0.143. The minimum atomic E-state index is -1.19. The zero-order valence-corrected chi connectivity index (χ0v) is 24.4. The van der Waals surface area contributed by atoms with E-state index in [1.54, 1.807) is 32.2 Å². The second-order valence-corrected chi connectivity index (χ2v) is 11.4. The van der Waals surface area contributed by atoms with Crippen molar-refractivity contribution < 1.29 is 29.4 Å². The standard InChI is InChI=1S/C31H41N5O6/c1-17(2)13-23(32)28(38)34-25(14-19-9-11-21(37)12-10-19)29(39)35-26(30(40)36-27(18(3)4)31(41)42)15-20-16-33-24-8-6-5-7-22(20)24/h5-12,16-18,23,25-27,33,37H,13-15,32H2,1-4H3,(H,34,38)(H,35,39)(H,36,40)(H,41,42). The summed E-state index contributed by atoms with van der Waals surface area (Å²) in [5.74, 6) is -3.19. The molecule has 0 spiro atoms. The van der Waals surface area contributed by atoms with E-state index in [1.165, 1.54) is 12.1 Å². The first kappa shape index (κ1) is 32.1. The number of carbonyl (C=O) groups is 4. The number of carboxylic acids is 1. The van der Waals surface area contributed by atoms with Gasteiger partial charge in [-0.05, 0) is 47.6 Å². The second kappa shape index (κ2) is 14.5. The summed E-state index contributed by atoms with van der Waals surface area (Å²) in [6.07, 6.45) is 2.29. The van der Waals surface area contributed by atoms with Crippen LogP contribution in [0.1, 0.15) is 45.2 Å². The number of nitrogens with one attached hydrogen (secondary N) is 4. The lowest BCUT2D eigenvalue weighted by Crippen LogP contribution is -2.58. The van der Waals surface area contributed by atoms with Crippen LogP contribution in [0.2, 0.25) is 0 Å². The van der Waals surface area contributed by atoms with Gasteiger partial charge in [-0.1, -0.05) is 58.0 Å². The molecule has 2 aromatic carbocycles. The SMILES string of the molecule is CC(C)CC(N)C(=O)NC(Cc1ccc(O)cc1)C(=O)NC(Cc1c[nH]c2ccccc12)C(=O)NC(C(=O)O)C(C)C. The van der Waals surface area contributed by atoms with Gasteiger partial charge in [0.25, 0.3) is 0 Å². The molecule has 0 fully saturated rings. The molecular formula is C31H41N5O6. The molecule has 0 aliphatic carbocycles. The Morgan fingerprint density at radius 1 is 0.833 bits per heavy atom. The number of rotatable bonds is 14. The number of aromatic amines is 1. The van der Waals surface area contributed by atoms with Crippen molar-refractivity contribution in [3.63, 3.8) is 0 Å². The number of aliphatic carboxylic acids is 1. The Hall–Kier alpha value is -4.38. The second-order valence-electron chi connectivity index (χ2n) is 11.4. The molecule has 42 heavy (non-hydrogen) atoms. The summed E-state index contributed by atoms with van der Waals surface area (Å²) in [7, 11) is 0. The molecule has 8 N–H and O–H groups in total. The maximum Gasteiger partial charge on any atom is 0.326 e. The highest BCUT2D eigenvalue weighted by atomic mass is 16.4. The van der Waals surface area contributed by atoms with E-state index in [2.05, 4.69) is 20.9 Å². The number of hydrogen-bond acceptors (Lipinski definition) is 6. The van der Waals surface area contributed by atoms with Crippen molar-refractivity contribution in [2.24, 2.45) is 17.6 Å². The van der Waals surface area contributed by atoms with Crippen molar-refractivity contribution in [2.75, 3.05) is 0 Å². The van der Waals surface area contributed by atoms with Gasteiger partial charge in [-0.15, -0.1) is 0 Å². The first-order valence-electron chi connectivity index (χ1n) is 14.1. The summed E-state index contributed by atoms with van der Waals surface area (Å²) in [5, 5.41) is 28.2. The van der Waals surface area contributed by atoms with Gasteiger partial charge in [0.05, 0.1) is 6.04 Å². The molecular weight excluding hydrogens is 538 g/mol. The summed E-state index contributed by atoms with van der Waals surface area (Å²) >= 11 is 0. The number of phenols is 1. The third kappa shape index (κ3) is 8.81. The fourth-order valence-electron chi connectivity index (χ4n) is 4.74. The zero-order valence-electron chi connectivity index (χ0n) is 24.4. The molecule has 0 saturated heterocycles. The number of amides is 3. The molecule has 1 heterocycles. The van der Waals surface area contributed by atoms with E-state index in [1.807, 2.05) is 38.1 Å². The van der Waals surface area contributed by atoms with Crippen LogP contribution < -0.4 is 21.7 Å². The van der Waals surface area contributed by atoms with E-state index in [0.717, 1.165) is 16.5 Å². The molecule has 0 bridgehead atoms. The first-order chi connectivity index (χ1) is 19.8. The average molecular weight is 580 g/mol. The number of nitrogens with two attached hydrogens (primary N) is 1. The Balaban J connectivity index is 1.91. The normalized spacial score (nSPS) is 14.3. The summed E-state index contributed by atoms with van der Waals surface area (Å²) in [6.45, 7) is 7.22. The smallest absolute Gasteiger partial charge is 0.326 e. The quantitative estimate of drug-likeness (QED) is 0.152. The zero-order chi connectivity index (χ0) is 31.0. The summed E-state index contributed by atoms with van der Waals surface area (Å²) in [6, 6.07) is 9.45. The maximum absolute atomic E-state index is 13.7. The predicted molar refractivity (Wildman–Crippen MR) is 160 cm³/mol. The van der Waals surface area contributed by atoms with Gasteiger partial charge in [0.2, 0.25) is 17.7 Å². The van der Waals surface area contributed by atoms with Crippen molar-refractivity contribution in [3.05, 3.63) is 65.9 Å². The van der Waals surface area contributed by atoms with Gasteiger partial charge in [-0.2, -0.15) is 0 Å². The van der Waals surface area contributed by atoms with Crippen LogP contribution in [-0.2, 0) is 32.0 Å². The Morgan fingerprint density at radius 3 is 2.05 bits per heavy atom. The van der Waals surface area contributed by atoms with E-state index in [4.69, 9.17) is 5.73 Å². The van der Waals surface area contributed by atoms with Crippen molar-refractivity contribution >= 4 is 34.6 Å². The van der Waals surface area contributed by atoms with Crippen LogP contribution in [0.25, 0.3) is 10.9 Å². The number of phenolic OH excluding ortho intramolecular Hbond substituents is 1.